The molecule has 0 aliphatic heterocycles. The van der Waals surface area contributed by atoms with Crippen LogP contribution < -0.4 is 0 Å². The van der Waals surface area contributed by atoms with Crippen LogP contribution in [0, 0.1) is 0 Å². The molecule has 0 aromatic heterocycles. The van der Waals surface area contributed by atoms with Gasteiger partial charge in [0.05, 0.1) is 6.10 Å². The summed E-state index contributed by atoms with van der Waals surface area (Å²) in [6.45, 7) is 2.62. The Kier molecular flexibility index (Phi) is 22.9. The van der Waals surface area contributed by atoms with Crippen LogP contribution in [0.1, 0.15) is 142 Å². The largest absolute Gasteiger partial charge is 0.396 e. The van der Waals surface area contributed by atoms with E-state index in [0.29, 0.717) is 6.61 Å². The van der Waals surface area contributed by atoms with Gasteiger partial charge in [-0.25, -0.2) is 0 Å². The average Bonchev–Trinajstić information content (AvgIpc) is 2.64. The van der Waals surface area contributed by atoms with Crippen molar-refractivity contribution < 1.29 is 10.2 Å². The topological polar surface area (TPSA) is 40.5 Å². The summed E-state index contributed by atoms with van der Waals surface area (Å²) in [5, 5.41) is 18.8. The minimum atomic E-state index is -0.0532. The zero-order chi connectivity index (χ0) is 19.1. The standard InChI is InChI=1S/C24H50O2/c1-2-3-4-5-6-7-9-12-15-18-21-24(26)22-19-16-13-10-8-11-14-17-20-23-25/h24-26H,2-23H2,1H3. The molecule has 0 saturated heterocycles. The fraction of sp³-hybridized carbons (Fsp3) is 1.00. The number of rotatable bonds is 22. The molecule has 0 aliphatic carbocycles. The molecule has 0 aromatic rings. The highest BCUT2D eigenvalue weighted by atomic mass is 16.3. The minimum Gasteiger partial charge on any atom is -0.396 e. The van der Waals surface area contributed by atoms with E-state index < -0.39 is 0 Å². The molecule has 2 N–H and O–H groups in total. The Morgan fingerprint density at radius 3 is 1.12 bits per heavy atom. The Bertz CT molecular complexity index is 218. The first kappa shape index (κ1) is 25.9. The Morgan fingerprint density at radius 2 is 0.769 bits per heavy atom. The van der Waals surface area contributed by atoms with Crippen molar-refractivity contribution in [3.05, 3.63) is 0 Å². The van der Waals surface area contributed by atoms with Gasteiger partial charge in [0, 0.05) is 6.61 Å². The van der Waals surface area contributed by atoms with Gasteiger partial charge >= 0.3 is 0 Å². The first-order valence-corrected chi connectivity index (χ1v) is 12.1. The summed E-state index contributed by atoms with van der Waals surface area (Å²) < 4.78 is 0. The van der Waals surface area contributed by atoms with Gasteiger partial charge < -0.3 is 10.2 Å². The molecular weight excluding hydrogens is 320 g/mol. The van der Waals surface area contributed by atoms with E-state index in [2.05, 4.69) is 6.92 Å². The van der Waals surface area contributed by atoms with Gasteiger partial charge in [-0.2, -0.15) is 0 Å². The molecule has 0 bridgehead atoms. The molecular formula is C24H50O2. The molecule has 0 heterocycles. The molecule has 1 unspecified atom stereocenters. The first-order valence-electron chi connectivity index (χ1n) is 12.1. The Hall–Kier alpha value is -0.0800. The number of hydrogen-bond donors (Lipinski definition) is 2. The fourth-order valence-corrected chi connectivity index (χ4v) is 3.74. The monoisotopic (exact) mass is 370 g/mol. The van der Waals surface area contributed by atoms with E-state index in [1.165, 1.54) is 116 Å². The SMILES string of the molecule is CCCCCCCCCCCCC(O)CCCCCCCCCCCO. The molecule has 0 radical (unpaired) electrons. The second-order valence-corrected chi connectivity index (χ2v) is 8.32. The normalized spacial score (nSPS) is 12.6. The molecule has 0 amide bonds. The summed E-state index contributed by atoms with van der Waals surface area (Å²) >= 11 is 0. The summed E-state index contributed by atoms with van der Waals surface area (Å²) in [6.07, 6.45) is 26.9. The second kappa shape index (κ2) is 23.0. The van der Waals surface area contributed by atoms with Gasteiger partial charge in [-0.1, -0.05) is 122 Å². The van der Waals surface area contributed by atoms with Gasteiger partial charge in [0.1, 0.15) is 0 Å². The summed E-state index contributed by atoms with van der Waals surface area (Å²) in [5.74, 6) is 0. The number of hydrogen-bond acceptors (Lipinski definition) is 2. The molecule has 158 valence electrons. The third-order valence-electron chi connectivity index (χ3n) is 5.59. The van der Waals surface area contributed by atoms with E-state index in [4.69, 9.17) is 5.11 Å². The maximum absolute atomic E-state index is 10.1. The first-order chi connectivity index (χ1) is 12.8. The van der Waals surface area contributed by atoms with Crippen LogP contribution in [0.5, 0.6) is 0 Å². The predicted molar refractivity (Wildman–Crippen MR) is 116 cm³/mol. The third-order valence-corrected chi connectivity index (χ3v) is 5.59. The van der Waals surface area contributed by atoms with E-state index in [9.17, 15) is 5.11 Å². The van der Waals surface area contributed by atoms with Crippen LogP contribution in [0.2, 0.25) is 0 Å². The predicted octanol–water partition coefficient (Wildman–Crippen LogP) is 7.55. The van der Waals surface area contributed by atoms with Crippen LogP contribution in [0.25, 0.3) is 0 Å². The lowest BCUT2D eigenvalue weighted by atomic mass is 10.0. The van der Waals surface area contributed by atoms with Gasteiger partial charge in [-0.3, -0.25) is 0 Å². The molecule has 0 rings (SSSR count). The van der Waals surface area contributed by atoms with E-state index in [1.54, 1.807) is 0 Å². The number of unbranched alkanes of at least 4 members (excludes halogenated alkanes) is 17. The van der Waals surface area contributed by atoms with Gasteiger partial charge in [0.15, 0.2) is 0 Å². The quantitative estimate of drug-likeness (QED) is 0.193. The summed E-state index contributed by atoms with van der Waals surface area (Å²) in [5.41, 5.74) is 0. The number of aliphatic hydroxyl groups is 2. The van der Waals surface area contributed by atoms with Crippen molar-refractivity contribution in [2.45, 2.75) is 148 Å². The molecule has 1 atom stereocenters. The van der Waals surface area contributed by atoms with Gasteiger partial charge in [0.25, 0.3) is 0 Å². The molecule has 0 saturated carbocycles. The Balaban J connectivity index is 3.12. The van der Waals surface area contributed by atoms with Crippen molar-refractivity contribution in [3.8, 4) is 0 Å². The molecule has 0 aliphatic rings. The second-order valence-electron chi connectivity index (χ2n) is 8.32. The Labute approximate surface area is 165 Å². The Morgan fingerprint density at radius 1 is 0.462 bits per heavy atom. The molecule has 0 fully saturated rings. The van der Waals surface area contributed by atoms with Gasteiger partial charge in [0.2, 0.25) is 0 Å². The summed E-state index contributed by atoms with van der Waals surface area (Å²) in [4.78, 5) is 0. The summed E-state index contributed by atoms with van der Waals surface area (Å²) in [6, 6.07) is 0. The minimum absolute atomic E-state index is 0.0532. The maximum atomic E-state index is 10.1. The van der Waals surface area contributed by atoms with Crippen molar-refractivity contribution in [2.75, 3.05) is 6.61 Å². The van der Waals surface area contributed by atoms with Crippen LogP contribution in [0.4, 0.5) is 0 Å². The summed E-state index contributed by atoms with van der Waals surface area (Å²) in [7, 11) is 0. The third kappa shape index (κ3) is 22.0. The van der Waals surface area contributed by atoms with Gasteiger partial charge in [-0.05, 0) is 19.3 Å². The molecule has 0 spiro atoms. The van der Waals surface area contributed by atoms with E-state index in [1.807, 2.05) is 0 Å². The molecule has 2 heteroatoms. The lowest BCUT2D eigenvalue weighted by Crippen LogP contribution is -2.05. The van der Waals surface area contributed by atoms with Crippen molar-refractivity contribution in [1.29, 1.82) is 0 Å². The lowest BCUT2D eigenvalue weighted by molar-refractivity contribution is 0.147. The van der Waals surface area contributed by atoms with Crippen LogP contribution in [-0.4, -0.2) is 22.9 Å². The van der Waals surface area contributed by atoms with E-state index in [0.717, 1.165) is 19.3 Å². The maximum Gasteiger partial charge on any atom is 0.0540 e. The average molecular weight is 371 g/mol. The van der Waals surface area contributed by atoms with Crippen LogP contribution in [0.3, 0.4) is 0 Å². The number of aliphatic hydroxyl groups excluding tert-OH is 2. The van der Waals surface area contributed by atoms with Crippen molar-refractivity contribution >= 4 is 0 Å². The van der Waals surface area contributed by atoms with Crippen molar-refractivity contribution in [3.63, 3.8) is 0 Å². The van der Waals surface area contributed by atoms with Crippen LogP contribution in [-0.2, 0) is 0 Å². The highest BCUT2D eigenvalue weighted by Crippen LogP contribution is 2.15. The van der Waals surface area contributed by atoms with Crippen molar-refractivity contribution in [2.24, 2.45) is 0 Å². The highest BCUT2D eigenvalue weighted by molar-refractivity contribution is 4.58. The highest BCUT2D eigenvalue weighted by Gasteiger charge is 2.03. The van der Waals surface area contributed by atoms with Crippen molar-refractivity contribution in [1.82, 2.24) is 0 Å². The fourth-order valence-electron chi connectivity index (χ4n) is 3.74. The molecule has 2 nitrogen and oxygen atoms in total. The van der Waals surface area contributed by atoms with Crippen LogP contribution >= 0.6 is 0 Å². The van der Waals surface area contributed by atoms with Gasteiger partial charge in [-0.15, -0.1) is 0 Å². The zero-order valence-corrected chi connectivity index (χ0v) is 18.0. The molecule has 0 aromatic carbocycles. The van der Waals surface area contributed by atoms with Crippen LogP contribution in [0.15, 0.2) is 0 Å². The van der Waals surface area contributed by atoms with E-state index >= 15 is 0 Å². The van der Waals surface area contributed by atoms with E-state index in [-0.39, 0.29) is 6.10 Å². The molecule has 26 heavy (non-hydrogen) atoms. The lowest BCUT2D eigenvalue weighted by Gasteiger charge is -2.10. The zero-order valence-electron chi connectivity index (χ0n) is 18.0. The smallest absolute Gasteiger partial charge is 0.0540 e.